The van der Waals surface area contributed by atoms with Gasteiger partial charge >= 0.3 is 5.97 Å². The molecule has 18 heavy (non-hydrogen) atoms. The second-order valence-electron chi connectivity index (χ2n) is 4.70. The number of aromatic carboxylic acids is 1. The molecule has 0 heterocycles. The van der Waals surface area contributed by atoms with Crippen LogP contribution in [0.5, 0.6) is 0 Å². The number of carboxylic acid groups (broad SMARTS) is 1. The number of rotatable bonds is 6. The van der Waals surface area contributed by atoms with E-state index >= 15 is 0 Å². The van der Waals surface area contributed by atoms with Gasteiger partial charge in [0, 0.05) is 13.0 Å². The number of carbonyl (C=O) groups is 2. The number of hydrogen-bond acceptors (Lipinski definition) is 2. The van der Waals surface area contributed by atoms with E-state index in [0.29, 0.717) is 25.3 Å². The number of hydrogen-bond donors (Lipinski definition) is 2. The third-order valence-electron chi connectivity index (χ3n) is 2.50. The van der Waals surface area contributed by atoms with E-state index < -0.39 is 5.97 Å². The number of carboxylic acids is 1. The fraction of sp³-hybridized carbons (Fsp3) is 0.429. The first-order chi connectivity index (χ1) is 8.49. The van der Waals surface area contributed by atoms with Gasteiger partial charge in [0.15, 0.2) is 0 Å². The van der Waals surface area contributed by atoms with Crippen molar-refractivity contribution in [3.63, 3.8) is 0 Å². The summed E-state index contributed by atoms with van der Waals surface area (Å²) in [5.41, 5.74) is 1.20. The second kappa shape index (κ2) is 6.79. The van der Waals surface area contributed by atoms with E-state index in [4.69, 9.17) is 5.11 Å². The number of carbonyl (C=O) groups excluding carboxylic acids is 1. The summed E-state index contributed by atoms with van der Waals surface area (Å²) in [5, 5.41) is 11.7. The van der Waals surface area contributed by atoms with Crippen LogP contribution >= 0.6 is 0 Å². The Morgan fingerprint density at radius 1 is 1.33 bits per heavy atom. The maximum Gasteiger partial charge on any atom is 0.335 e. The Morgan fingerprint density at radius 3 is 2.67 bits per heavy atom. The molecule has 1 amide bonds. The Hall–Kier alpha value is -1.84. The van der Waals surface area contributed by atoms with Gasteiger partial charge in [-0.15, -0.1) is 0 Å². The van der Waals surface area contributed by atoms with Crippen LogP contribution in [0.3, 0.4) is 0 Å². The molecule has 1 aromatic carbocycles. The van der Waals surface area contributed by atoms with Crippen molar-refractivity contribution >= 4 is 11.9 Å². The number of benzene rings is 1. The molecule has 0 atom stereocenters. The average Bonchev–Trinajstić information content (AvgIpc) is 2.28. The zero-order chi connectivity index (χ0) is 13.5. The van der Waals surface area contributed by atoms with Gasteiger partial charge in [0.05, 0.1) is 5.56 Å². The monoisotopic (exact) mass is 249 g/mol. The third kappa shape index (κ3) is 4.99. The third-order valence-corrected chi connectivity index (χ3v) is 2.50. The van der Waals surface area contributed by atoms with Crippen molar-refractivity contribution in [2.24, 2.45) is 5.92 Å². The Bertz CT molecular complexity index is 427. The van der Waals surface area contributed by atoms with Gasteiger partial charge in [-0.3, -0.25) is 4.79 Å². The molecule has 0 saturated carbocycles. The molecule has 2 N–H and O–H groups in total. The summed E-state index contributed by atoms with van der Waals surface area (Å²) >= 11 is 0. The molecule has 0 spiro atoms. The van der Waals surface area contributed by atoms with E-state index in [1.165, 1.54) is 0 Å². The maximum absolute atomic E-state index is 11.4. The van der Waals surface area contributed by atoms with Crippen LogP contribution in [0.2, 0.25) is 0 Å². The van der Waals surface area contributed by atoms with Crippen LogP contribution in [0.25, 0.3) is 0 Å². The molecule has 0 fully saturated rings. The molecule has 4 nitrogen and oxygen atoms in total. The van der Waals surface area contributed by atoms with Gasteiger partial charge in [0.25, 0.3) is 0 Å². The minimum atomic E-state index is -0.930. The van der Waals surface area contributed by atoms with E-state index in [9.17, 15) is 9.59 Å². The lowest BCUT2D eigenvalue weighted by Crippen LogP contribution is -2.26. The van der Waals surface area contributed by atoms with Gasteiger partial charge in [0.2, 0.25) is 5.91 Å². The van der Waals surface area contributed by atoms with E-state index in [1.54, 1.807) is 18.2 Å². The predicted molar refractivity (Wildman–Crippen MR) is 69.6 cm³/mol. The molecule has 0 aromatic heterocycles. The highest BCUT2D eigenvalue weighted by atomic mass is 16.4. The summed E-state index contributed by atoms with van der Waals surface area (Å²) in [7, 11) is 0. The Morgan fingerprint density at radius 2 is 2.06 bits per heavy atom. The van der Waals surface area contributed by atoms with Crippen LogP contribution in [0.1, 0.15) is 36.2 Å². The first-order valence-electron chi connectivity index (χ1n) is 6.08. The van der Waals surface area contributed by atoms with Crippen LogP contribution in [0.15, 0.2) is 24.3 Å². The highest BCUT2D eigenvalue weighted by Crippen LogP contribution is 2.06. The molecule has 1 aromatic rings. The van der Waals surface area contributed by atoms with Gasteiger partial charge in [0.1, 0.15) is 0 Å². The smallest absolute Gasteiger partial charge is 0.335 e. The maximum atomic E-state index is 11.4. The van der Waals surface area contributed by atoms with Crippen molar-refractivity contribution < 1.29 is 14.7 Å². The van der Waals surface area contributed by atoms with Gasteiger partial charge in [-0.25, -0.2) is 4.79 Å². The Balaban J connectivity index is 2.42. The minimum Gasteiger partial charge on any atom is -0.478 e. The van der Waals surface area contributed by atoms with E-state index in [1.807, 2.05) is 19.9 Å². The van der Waals surface area contributed by atoms with Crippen LogP contribution < -0.4 is 5.32 Å². The van der Waals surface area contributed by atoms with E-state index in [-0.39, 0.29) is 11.5 Å². The first kappa shape index (κ1) is 14.2. The molecule has 0 aliphatic heterocycles. The standard InChI is InChI=1S/C14H19NO3/c1-10(2)8-13(16)15-7-6-11-4-3-5-12(9-11)14(17)18/h3-5,9-10H,6-8H2,1-2H3,(H,15,16)(H,17,18). The fourth-order valence-electron chi connectivity index (χ4n) is 1.65. The van der Waals surface area contributed by atoms with Crippen molar-refractivity contribution in [3.05, 3.63) is 35.4 Å². The zero-order valence-corrected chi connectivity index (χ0v) is 10.8. The van der Waals surface area contributed by atoms with E-state index in [2.05, 4.69) is 5.32 Å². The summed E-state index contributed by atoms with van der Waals surface area (Å²) in [6, 6.07) is 6.77. The summed E-state index contributed by atoms with van der Waals surface area (Å²) in [5.74, 6) is -0.541. The van der Waals surface area contributed by atoms with Gasteiger partial charge < -0.3 is 10.4 Å². The zero-order valence-electron chi connectivity index (χ0n) is 10.8. The summed E-state index contributed by atoms with van der Waals surface area (Å²) in [6.45, 7) is 4.53. The highest BCUT2D eigenvalue weighted by molar-refractivity contribution is 5.87. The molecule has 4 heteroatoms. The van der Waals surface area contributed by atoms with Crippen LogP contribution in [0.4, 0.5) is 0 Å². The highest BCUT2D eigenvalue weighted by Gasteiger charge is 2.05. The fourth-order valence-corrected chi connectivity index (χ4v) is 1.65. The van der Waals surface area contributed by atoms with Gasteiger partial charge in [-0.1, -0.05) is 26.0 Å². The summed E-state index contributed by atoms with van der Waals surface area (Å²) < 4.78 is 0. The van der Waals surface area contributed by atoms with Crippen molar-refractivity contribution in [2.75, 3.05) is 6.54 Å². The normalized spacial score (nSPS) is 10.4. The lowest BCUT2D eigenvalue weighted by atomic mass is 10.1. The average molecular weight is 249 g/mol. The Kier molecular flexibility index (Phi) is 5.36. The topological polar surface area (TPSA) is 66.4 Å². The molecule has 98 valence electrons. The SMILES string of the molecule is CC(C)CC(=O)NCCc1cccc(C(=O)O)c1. The van der Waals surface area contributed by atoms with Crippen LogP contribution in [0, 0.1) is 5.92 Å². The quantitative estimate of drug-likeness (QED) is 0.811. The second-order valence-corrected chi connectivity index (χ2v) is 4.70. The van der Waals surface area contributed by atoms with Crippen LogP contribution in [-0.2, 0) is 11.2 Å². The summed E-state index contributed by atoms with van der Waals surface area (Å²) in [4.78, 5) is 22.2. The molecule has 0 bridgehead atoms. The van der Waals surface area contributed by atoms with E-state index in [0.717, 1.165) is 5.56 Å². The van der Waals surface area contributed by atoms with Crippen molar-refractivity contribution in [1.29, 1.82) is 0 Å². The van der Waals surface area contributed by atoms with Crippen LogP contribution in [-0.4, -0.2) is 23.5 Å². The molecule has 1 rings (SSSR count). The summed E-state index contributed by atoms with van der Waals surface area (Å²) in [6.07, 6.45) is 1.17. The molecular formula is C14H19NO3. The van der Waals surface area contributed by atoms with Crippen molar-refractivity contribution in [1.82, 2.24) is 5.32 Å². The van der Waals surface area contributed by atoms with Crippen molar-refractivity contribution in [2.45, 2.75) is 26.7 Å². The molecule has 0 aliphatic rings. The molecule has 0 unspecified atom stereocenters. The van der Waals surface area contributed by atoms with Gasteiger partial charge in [-0.2, -0.15) is 0 Å². The predicted octanol–water partition coefficient (Wildman–Crippen LogP) is 2.09. The first-order valence-corrected chi connectivity index (χ1v) is 6.08. The van der Waals surface area contributed by atoms with Crippen molar-refractivity contribution in [3.8, 4) is 0 Å². The molecule has 0 aliphatic carbocycles. The minimum absolute atomic E-state index is 0.0411. The Labute approximate surface area is 107 Å². The lowest BCUT2D eigenvalue weighted by molar-refractivity contribution is -0.121. The lowest BCUT2D eigenvalue weighted by Gasteiger charge is -2.07. The number of amides is 1. The largest absolute Gasteiger partial charge is 0.478 e. The number of nitrogens with one attached hydrogen (secondary N) is 1. The molecule has 0 saturated heterocycles. The van der Waals surface area contributed by atoms with Gasteiger partial charge in [-0.05, 0) is 30.0 Å². The molecule has 0 radical (unpaired) electrons. The molecular weight excluding hydrogens is 230 g/mol.